The van der Waals surface area contributed by atoms with Crippen LogP contribution in [0, 0.1) is 11.3 Å². The molecule has 1 aliphatic heterocycles. The third-order valence-corrected chi connectivity index (χ3v) is 5.99. The van der Waals surface area contributed by atoms with Crippen LogP contribution in [0.15, 0.2) is 30.5 Å². The van der Waals surface area contributed by atoms with Crippen molar-refractivity contribution in [3.05, 3.63) is 36.0 Å². The molecule has 0 aliphatic carbocycles. The smallest absolute Gasteiger partial charge is 0.297 e. The molecule has 37 heavy (non-hydrogen) atoms. The molecular weight excluding hydrogens is 477 g/mol. The predicted molar refractivity (Wildman–Crippen MR) is 134 cm³/mol. The molecule has 2 atom stereocenters. The number of carboxylic acids is 1. The topological polar surface area (TPSA) is 162 Å². The molecular formula is C25H28BN5O6. The van der Waals surface area contributed by atoms with E-state index in [0.717, 1.165) is 6.42 Å². The van der Waals surface area contributed by atoms with Crippen LogP contribution in [0.25, 0.3) is 10.9 Å². The predicted octanol–water partition coefficient (Wildman–Crippen LogP) is 1.19. The first kappa shape index (κ1) is 27.5. The largest absolute Gasteiger partial charge is 0.494 e. The fourth-order valence-corrected chi connectivity index (χ4v) is 3.95. The lowest BCUT2D eigenvalue weighted by atomic mass is 9.83. The third kappa shape index (κ3) is 7.67. The lowest BCUT2D eigenvalue weighted by Gasteiger charge is -2.19. The first-order valence-corrected chi connectivity index (χ1v) is 12.0. The summed E-state index contributed by atoms with van der Waals surface area (Å²) in [5, 5.41) is 23.8. The van der Waals surface area contributed by atoms with Gasteiger partial charge in [-0.25, -0.2) is 0 Å². The molecule has 1 aromatic carbocycles. The Bertz CT molecular complexity index is 1200. The molecule has 2 heterocycles. The molecule has 2 aromatic rings. The number of carbonyl (C=O) groups is 4. The van der Waals surface area contributed by atoms with Gasteiger partial charge in [0.05, 0.1) is 38.1 Å². The van der Waals surface area contributed by atoms with Crippen LogP contribution >= 0.6 is 0 Å². The van der Waals surface area contributed by atoms with Crippen molar-refractivity contribution in [1.82, 2.24) is 20.5 Å². The molecule has 192 valence electrons. The maximum atomic E-state index is 12.8. The minimum absolute atomic E-state index is 0.0272. The van der Waals surface area contributed by atoms with E-state index in [4.69, 9.17) is 23.0 Å². The fraction of sp³-hybridized carbons (Fsp3) is 0.440. The summed E-state index contributed by atoms with van der Waals surface area (Å²) in [5.74, 6) is -2.71. The number of carbonyl (C=O) groups excluding carboxylic acids is 3. The normalized spacial score (nSPS) is 15.5. The fourth-order valence-electron chi connectivity index (χ4n) is 3.95. The number of carboxylic acid groups (broad SMARTS) is 1. The summed E-state index contributed by atoms with van der Waals surface area (Å²) < 4.78 is 5.75. The van der Waals surface area contributed by atoms with Crippen LogP contribution in [0.2, 0.25) is 5.82 Å². The van der Waals surface area contributed by atoms with Crippen molar-refractivity contribution in [3.63, 3.8) is 0 Å². The highest BCUT2D eigenvalue weighted by Crippen LogP contribution is 2.23. The summed E-state index contributed by atoms with van der Waals surface area (Å²) in [6.45, 7) is 0.952. The van der Waals surface area contributed by atoms with E-state index in [1.807, 2.05) is 0 Å². The Labute approximate surface area is 215 Å². The summed E-state index contributed by atoms with van der Waals surface area (Å²) >= 11 is 0. The third-order valence-electron chi connectivity index (χ3n) is 5.99. The highest BCUT2D eigenvalue weighted by molar-refractivity contribution is 6.22. The number of nitrogens with one attached hydrogen (secondary N) is 2. The molecule has 1 saturated heterocycles. The molecule has 1 aliphatic rings. The van der Waals surface area contributed by atoms with E-state index in [2.05, 4.69) is 21.7 Å². The van der Waals surface area contributed by atoms with Gasteiger partial charge in [0.1, 0.15) is 11.8 Å². The molecule has 1 aromatic heterocycles. The minimum Gasteiger partial charge on any atom is -0.494 e. The number of hydrogen-bond acceptors (Lipinski definition) is 7. The van der Waals surface area contributed by atoms with E-state index in [9.17, 15) is 19.2 Å². The van der Waals surface area contributed by atoms with Crippen LogP contribution in [0.1, 0.15) is 42.5 Å². The Hall–Kier alpha value is -4.14. The molecule has 3 rings (SSSR count). The van der Waals surface area contributed by atoms with Gasteiger partial charge in [0.15, 0.2) is 0 Å². The summed E-state index contributed by atoms with van der Waals surface area (Å²) in [6, 6.07) is 8.36. The van der Waals surface area contributed by atoms with Crippen molar-refractivity contribution in [2.75, 3.05) is 26.2 Å². The first-order chi connectivity index (χ1) is 17.8. The maximum absolute atomic E-state index is 12.8. The molecule has 3 amide bonds. The number of ether oxygens (including phenoxy) is 1. The van der Waals surface area contributed by atoms with Crippen LogP contribution < -0.4 is 15.4 Å². The molecule has 1 unspecified atom stereocenters. The van der Waals surface area contributed by atoms with E-state index in [1.165, 1.54) is 11.1 Å². The van der Waals surface area contributed by atoms with Crippen LogP contribution in [-0.4, -0.2) is 78.8 Å². The number of likely N-dealkylation sites (tertiary alicyclic amines) is 1. The lowest BCUT2D eigenvalue weighted by molar-refractivity contribution is -0.137. The minimum atomic E-state index is -1.14. The number of pyridine rings is 1. The van der Waals surface area contributed by atoms with Gasteiger partial charge < -0.3 is 25.4 Å². The zero-order valence-corrected chi connectivity index (χ0v) is 20.3. The van der Waals surface area contributed by atoms with Crippen LogP contribution in [0.4, 0.5) is 0 Å². The van der Waals surface area contributed by atoms with E-state index in [-0.39, 0.29) is 31.2 Å². The Morgan fingerprint density at radius 2 is 2.08 bits per heavy atom. The molecule has 11 nitrogen and oxygen atoms in total. The number of nitrogens with zero attached hydrogens (tertiary/aromatic N) is 3. The highest BCUT2D eigenvalue weighted by Gasteiger charge is 2.28. The summed E-state index contributed by atoms with van der Waals surface area (Å²) in [5.41, 5.74) is 0.926. The SMILES string of the molecule is [B]C(CCC(=O)NCCCOc1ccc2nccc(C(=O)NCC(=O)N3CCC[C@H]3C#N)c2c1)C(=O)O. The van der Waals surface area contributed by atoms with Crippen LogP contribution in [0.3, 0.4) is 0 Å². The Morgan fingerprint density at radius 1 is 1.27 bits per heavy atom. The molecule has 1 fully saturated rings. The second-order valence-electron chi connectivity index (χ2n) is 8.63. The lowest BCUT2D eigenvalue weighted by Crippen LogP contribution is -2.42. The number of nitriles is 1. The zero-order chi connectivity index (χ0) is 26.8. The molecule has 0 saturated carbocycles. The average Bonchev–Trinajstić information content (AvgIpc) is 3.38. The van der Waals surface area contributed by atoms with Gasteiger partial charge in [-0.1, -0.05) is 0 Å². The molecule has 0 spiro atoms. The van der Waals surface area contributed by atoms with Crippen molar-refractivity contribution < 1.29 is 29.0 Å². The van der Waals surface area contributed by atoms with Crippen molar-refractivity contribution >= 4 is 42.4 Å². The number of benzene rings is 1. The number of amides is 3. The number of aromatic nitrogens is 1. The molecule has 0 bridgehead atoms. The molecule has 3 N–H and O–H groups in total. The Morgan fingerprint density at radius 3 is 2.84 bits per heavy atom. The van der Waals surface area contributed by atoms with E-state index in [1.54, 1.807) is 24.3 Å². The van der Waals surface area contributed by atoms with E-state index < -0.39 is 23.7 Å². The van der Waals surface area contributed by atoms with Gasteiger partial charge in [-0.15, -0.1) is 0 Å². The Kier molecular flexibility index (Phi) is 9.83. The Balaban J connectivity index is 1.50. The zero-order valence-electron chi connectivity index (χ0n) is 20.3. The van der Waals surface area contributed by atoms with Gasteiger partial charge in [-0.2, -0.15) is 5.26 Å². The summed E-state index contributed by atoms with van der Waals surface area (Å²) in [4.78, 5) is 53.5. The average molecular weight is 505 g/mol. The van der Waals surface area contributed by atoms with Gasteiger partial charge in [0, 0.05) is 36.9 Å². The van der Waals surface area contributed by atoms with Crippen molar-refractivity contribution in [1.29, 1.82) is 5.26 Å². The van der Waals surface area contributed by atoms with Crippen molar-refractivity contribution in [3.8, 4) is 11.8 Å². The van der Waals surface area contributed by atoms with Gasteiger partial charge in [-0.05, 0) is 49.9 Å². The second-order valence-corrected chi connectivity index (χ2v) is 8.63. The van der Waals surface area contributed by atoms with Gasteiger partial charge >= 0.3 is 0 Å². The second kappa shape index (κ2) is 13.2. The van der Waals surface area contributed by atoms with Crippen LogP contribution in [0.5, 0.6) is 5.75 Å². The number of rotatable bonds is 12. The van der Waals surface area contributed by atoms with Gasteiger partial charge in [0.2, 0.25) is 11.8 Å². The summed E-state index contributed by atoms with van der Waals surface area (Å²) in [7, 11) is 5.38. The number of hydrogen-bond donors (Lipinski definition) is 3. The molecule has 2 radical (unpaired) electrons. The number of aliphatic carboxylic acids is 1. The monoisotopic (exact) mass is 505 g/mol. The standard InChI is InChI=1S/C25H28BN5O6/c26-20(25(35)36)5-7-22(32)29-9-2-12-37-17-4-6-21-19(13-17)18(8-10-28-21)24(34)30-15-23(33)31-11-1-3-16(31)14-27/h4,6,8,10,13,16,20H,1-3,5,7,9,11-12,15H2,(H,29,32)(H,30,34)(H,35,36)/t16-,20?/m0/s1. The highest BCUT2D eigenvalue weighted by atomic mass is 16.5. The van der Waals surface area contributed by atoms with Gasteiger partial charge in [0.25, 0.3) is 11.9 Å². The van der Waals surface area contributed by atoms with Crippen molar-refractivity contribution in [2.24, 2.45) is 0 Å². The maximum Gasteiger partial charge on any atom is 0.297 e. The quantitative estimate of drug-likeness (QED) is 0.286. The van der Waals surface area contributed by atoms with E-state index in [0.29, 0.717) is 54.8 Å². The summed E-state index contributed by atoms with van der Waals surface area (Å²) in [6.07, 6.45) is 3.52. The first-order valence-electron chi connectivity index (χ1n) is 12.0. The van der Waals surface area contributed by atoms with Gasteiger partial charge in [-0.3, -0.25) is 24.2 Å². The van der Waals surface area contributed by atoms with Crippen molar-refractivity contribution in [2.45, 2.75) is 44.0 Å². The molecule has 12 heteroatoms. The van der Waals surface area contributed by atoms with E-state index >= 15 is 0 Å². The number of fused-ring (bicyclic) bond motifs is 1. The van der Waals surface area contributed by atoms with Crippen LogP contribution in [-0.2, 0) is 14.4 Å².